The van der Waals surface area contributed by atoms with Crippen molar-refractivity contribution in [3.63, 3.8) is 0 Å². The summed E-state index contributed by atoms with van der Waals surface area (Å²) in [6, 6.07) is 13.3. The Kier molecular flexibility index (Phi) is 3.84. The number of carbonyl (C=O) groups excluding carboxylic acids is 1. The number of anilines is 2. The second-order valence-electron chi connectivity index (χ2n) is 5.24. The number of amides is 1. The molecule has 21 heavy (non-hydrogen) atoms. The van der Waals surface area contributed by atoms with Crippen LogP contribution in [0.25, 0.3) is 0 Å². The van der Waals surface area contributed by atoms with Crippen molar-refractivity contribution in [1.29, 1.82) is 0 Å². The van der Waals surface area contributed by atoms with E-state index < -0.39 is 0 Å². The Balaban J connectivity index is 2.03. The number of rotatable bonds is 1. The number of hydrogen-bond acceptors (Lipinski definition) is 2. The lowest BCUT2D eigenvalue weighted by Crippen LogP contribution is -2.32. The minimum absolute atomic E-state index is 0.0793. The smallest absolute Gasteiger partial charge is 0.260 e. The lowest BCUT2D eigenvalue weighted by Gasteiger charge is -2.23. The Hall–Kier alpha value is -2.00. The monoisotopic (exact) mass is 300 g/mol. The Morgan fingerprint density at radius 2 is 1.90 bits per heavy atom. The van der Waals surface area contributed by atoms with Gasteiger partial charge in [0.2, 0.25) is 0 Å². The van der Waals surface area contributed by atoms with Gasteiger partial charge < -0.3 is 10.6 Å². The standard InChI is InChI=1S/C17H17ClN2O/c18-14-9-5-8-13(16(14)19)17(21)20-11-4-3-7-12-6-1-2-10-15(12)20/h1-2,5-6,8-10H,3-4,7,11,19H2. The predicted octanol–water partition coefficient (Wildman–Crippen LogP) is 3.91. The first-order valence-corrected chi connectivity index (χ1v) is 7.50. The minimum Gasteiger partial charge on any atom is -0.397 e. The van der Waals surface area contributed by atoms with Crippen molar-refractivity contribution in [2.75, 3.05) is 17.2 Å². The number of nitrogens with zero attached hydrogens (tertiary/aromatic N) is 1. The normalized spacial score (nSPS) is 14.4. The van der Waals surface area contributed by atoms with Gasteiger partial charge in [0.1, 0.15) is 0 Å². The molecule has 0 radical (unpaired) electrons. The molecule has 1 amide bonds. The molecule has 4 heteroatoms. The second kappa shape index (κ2) is 5.78. The summed E-state index contributed by atoms with van der Waals surface area (Å²) in [5.74, 6) is -0.0793. The highest BCUT2D eigenvalue weighted by molar-refractivity contribution is 6.34. The fourth-order valence-corrected chi connectivity index (χ4v) is 2.95. The van der Waals surface area contributed by atoms with Crippen LogP contribution in [-0.4, -0.2) is 12.5 Å². The van der Waals surface area contributed by atoms with Crippen molar-refractivity contribution in [1.82, 2.24) is 0 Å². The van der Waals surface area contributed by atoms with E-state index in [2.05, 4.69) is 6.07 Å². The van der Waals surface area contributed by atoms with Crippen molar-refractivity contribution in [3.05, 3.63) is 58.6 Å². The first-order valence-electron chi connectivity index (χ1n) is 7.12. The molecule has 0 atom stereocenters. The van der Waals surface area contributed by atoms with Gasteiger partial charge in [0.05, 0.1) is 16.3 Å². The van der Waals surface area contributed by atoms with E-state index >= 15 is 0 Å². The first kappa shape index (κ1) is 14.0. The number of benzene rings is 2. The summed E-state index contributed by atoms with van der Waals surface area (Å²) in [5, 5.41) is 0.420. The zero-order chi connectivity index (χ0) is 14.8. The van der Waals surface area contributed by atoms with E-state index in [0.717, 1.165) is 24.9 Å². The van der Waals surface area contributed by atoms with Crippen LogP contribution in [0.1, 0.15) is 28.8 Å². The number of nitrogens with two attached hydrogens (primary N) is 1. The highest BCUT2D eigenvalue weighted by atomic mass is 35.5. The molecular weight excluding hydrogens is 284 g/mol. The van der Waals surface area contributed by atoms with Crippen LogP contribution >= 0.6 is 11.6 Å². The average molecular weight is 301 g/mol. The summed E-state index contributed by atoms with van der Waals surface area (Å²) >= 11 is 6.03. The van der Waals surface area contributed by atoms with Crippen molar-refractivity contribution < 1.29 is 4.79 Å². The number of hydrogen-bond donors (Lipinski definition) is 1. The van der Waals surface area contributed by atoms with E-state index in [9.17, 15) is 4.79 Å². The quantitative estimate of drug-likeness (QED) is 0.812. The van der Waals surface area contributed by atoms with Crippen LogP contribution in [-0.2, 0) is 6.42 Å². The number of halogens is 1. The molecule has 0 bridgehead atoms. The fraction of sp³-hybridized carbons (Fsp3) is 0.235. The van der Waals surface area contributed by atoms with Crippen LogP contribution in [0.5, 0.6) is 0 Å². The van der Waals surface area contributed by atoms with Gasteiger partial charge in [0, 0.05) is 12.2 Å². The molecule has 0 saturated carbocycles. The van der Waals surface area contributed by atoms with E-state index in [1.165, 1.54) is 5.56 Å². The number of nitrogen functional groups attached to an aromatic ring is 1. The number of carbonyl (C=O) groups is 1. The summed E-state index contributed by atoms with van der Waals surface area (Å²) in [6.07, 6.45) is 3.08. The van der Waals surface area contributed by atoms with Gasteiger partial charge in [0.25, 0.3) is 5.91 Å². The SMILES string of the molecule is Nc1c(Cl)cccc1C(=O)N1CCCCc2ccccc21. The summed E-state index contributed by atoms with van der Waals surface area (Å²) in [4.78, 5) is 14.7. The molecule has 3 nitrogen and oxygen atoms in total. The number of fused-ring (bicyclic) bond motifs is 1. The third-order valence-electron chi connectivity index (χ3n) is 3.89. The van der Waals surface area contributed by atoms with Gasteiger partial charge in [-0.2, -0.15) is 0 Å². The largest absolute Gasteiger partial charge is 0.397 e. The van der Waals surface area contributed by atoms with Crippen LogP contribution in [0.2, 0.25) is 5.02 Å². The van der Waals surface area contributed by atoms with Gasteiger partial charge in [-0.1, -0.05) is 35.9 Å². The van der Waals surface area contributed by atoms with Gasteiger partial charge in [0.15, 0.2) is 0 Å². The van der Waals surface area contributed by atoms with Crippen LogP contribution in [0.15, 0.2) is 42.5 Å². The molecule has 108 valence electrons. The summed E-state index contributed by atoms with van der Waals surface area (Å²) in [5.41, 5.74) is 8.99. The van der Waals surface area contributed by atoms with Crippen LogP contribution in [0.4, 0.5) is 11.4 Å². The van der Waals surface area contributed by atoms with Crippen LogP contribution < -0.4 is 10.6 Å². The van der Waals surface area contributed by atoms with Crippen molar-refractivity contribution in [2.24, 2.45) is 0 Å². The molecule has 2 N–H and O–H groups in total. The maximum atomic E-state index is 12.9. The minimum atomic E-state index is -0.0793. The Bertz CT molecular complexity index is 684. The number of aryl methyl sites for hydroxylation is 1. The molecule has 0 aliphatic carbocycles. The van der Waals surface area contributed by atoms with E-state index in [1.54, 1.807) is 18.2 Å². The molecule has 1 aliphatic rings. The highest BCUT2D eigenvalue weighted by Gasteiger charge is 2.23. The predicted molar refractivity (Wildman–Crippen MR) is 86.9 cm³/mol. The highest BCUT2D eigenvalue weighted by Crippen LogP contribution is 2.30. The molecule has 2 aromatic carbocycles. The van der Waals surface area contributed by atoms with Gasteiger partial charge in [-0.25, -0.2) is 0 Å². The molecule has 0 spiro atoms. The van der Waals surface area contributed by atoms with Gasteiger partial charge in [-0.05, 0) is 43.0 Å². The summed E-state index contributed by atoms with van der Waals surface area (Å²) < 4.78 is 0. The molecule has 3 rings (SSSR count). The summed E-state index contributed by atoms with van der Waals surface area (Å²) in [6.45, 7) is 0.710. The maximum absolute atomic E-state index is 12.9. The average Bonchev–Trinajstić information content (AvgIpc) is 2.72. The number of para-hydroxylation sites is 2. The lowest BCUT2D eigenvalue weighted by molar-refractivity contribution is 0.0988. The third kappa shape index (κ3) is 2.61. The Labute approximate surface area is 129 Å². The van der Waals surface area contributed by atoms with Gasteiger partial charge >= 0.3 is 0 Å². The van der Waals surface area contributed by atoms with Gasteiger partial charge in [-0.3, -0.25) is 4.79 Å². The van der Waals surface area contributed by atoms with Crippen LogP contribution in [0, 0.1) is 0 Å². The summed E-state index contributed by atoms with van der Waals surface area (Å²) in [7, 11) is 0. The molecule has 2 aromatic rings. The maximum Gasteiger partial charge on any atom is 0.260 e. The zero-order valence-electron chi connectivity index (χ0n) is 11.7. The molecule has 1 heterocycles. The molecule has 1 aliphatic heterocycles. The van der Waals surface area contributed by atoms with Crippen molar-refractivity contribution in [2.45, 2.75) is 19.3 Å². The molecule has 0 aromatic heterocycles. The topological polar surface area (TPSA) is 46.3 Å². The Morgan fingerprint density at radius 1 is 1.10 bits per heavy atom. The van der Waals surface area contributed by atoms with E-state index in [1.807, 2.05) is 23.1 Å². The van der Waals surface area contributed by atoms with E-state index in [0.29, 0.717) is 22.8 Å². The molecule has 0 saturated heterocycles. The van der Waals surface area contributed by atoms with Crippen LogP contribution in [0.3, 0.4) is 0 Å². The molecular formula is C17H17ClN2O. The first-order chi connectivity index (χ1) is 10.2. The fourth-order valence-electron chi connectivity index (χ4n) is 2.77. The molecule has 0 fully saturated rings. The second-order valence-corrected chi connectivity index (χ2v) is 5.65. The lowest BCUT2D eigenvalue weighted by atomic mass is 10.1. The van der Waals surface area contributed by atoms with E-state index in [-0.39, 0.29) is 5.91 Å². The Morgan fingerprint density at radius 3 is 2.76 bits per heavy atom. The zero-order valence-corrected chi connectivity index (χ0v) is 12.4. The van der Waals surface area contributed by atoms with Crippen molar-refractivity contribution >= 4 is 28.9 Å². The third-order valence-corrected chi connectivity index (χ3v) is 4.22. The van der Waals surface area contributed by atoms with E-state index in [4.69, 9.17) is 17.3 Å². The van der Waals surface area contributed by atoms with Gasteiger partial charge in [-0.15, -0.1) is 0 Å². The van der Waals surface area contributed by atoms with Crippen molar-refractivity contribution in [3.8, 4) is 0 Å². The molecule has 0 unspecified atom stereocenters.